The van der Waals surface area contributed by atoms with Crippen molar-refractivity contribution in [3.8, 4) is 0 Å². The molecule has 0 aromatic heterocycles. The molecule has 0 aliphatic rings. The molecule has 0 spiro atoms. The van der Waals surface area contributed by atoms with E-state index < -0.39 is 97.5 Å². The van der Waals surface area contributed by atoms with Crippen molar-refractivity contribution in [3.63, 3.8) is 0 Å². The number of carbonyl (C=O) groups is 4. The average Bonchev–Trinajstić information content (AvgIpc) is 3.42. The number of rotatable bonds is 60. The molecule has 480 valence electrons. The van der Waals surface area contributed by atoms with Gasteiger partial charge in [0.2, 0.25) is 0 Å². The third-order valence-electron chi connectivity index (χ3n) is 14.5. The summed E-state index contributed by atoms with van der Waals surface area (Å²) in [4.78, 5) is 72.1. The monoisotopic (exact) mass is 1200 g/mol. The molecule has 19 heteroatoms. The van der Waals surface area contributed by atoms with Gasteiger partial charge in [-0.3, -0.25) is 37.3 Å². The van der Waals surface area contributed by atoms with Crippen LogP contribution in [-0.2, 0) is 65.4 Å². The molecule has 81 heavy (non-hydrogen) atoms. The van der Waals surface area contributed by atoms with Crippen LogP contribution in [0.5, 0.6) is 0 Å². The Kier molecular flexibility index (Phi) is 52.2. The number of esters is 4. The highest BCUT2D eigenvalue weighted by Gasteiger charge is 2.30. The quantitative estimate of drug-likeness (QED) is 0.0222. The van der Waals surface area contributed by atoms with Crippen molar-refractivity contribution in [2.75, 3.05) is 39.6 Å². The van der Waals surface area contributed by atoms with Crippen LogP contribution in [0.2, 0.25) is 0 Å². The Hall–Kier alpha value is -1.94. The van der Waals surface area contributed by atoms with Gasteiger partial charge < -0.3 is 33.8 Å². The van der Waals surface area contributed by atoms with Gasteiger partial charge in [-0.25, -0.2) is 9.13 Å². The molecule has 0 fully saturated rings. The number of aliphatic hydroxyl groups excluding tert-OH is 1. The zero-order valence-corrected chi connectivity index (χ0v) is 54.0. The second-order valence-electron chi connectivity index (χ2n) is 23.6. The predicted molar refractivity (Wildman–Crippen MR) is 321 cm³/mol. The topological polar surface area (TPSA) is 237 Å². The summed E-state index contributed by atoms with van der Waals surface area (Å²) >= 11 is 0. The summed E-state index contributed by atoms with van der Waals surface area (Å²) in [6.07, 6.45) is 33.6. The van der Waals surface area contributed by atoms with Crippen LogP contribution < -0.4 is 0 Å². The van der Waals surface area contributed by atoms with Gasteiger partial charge in [-0.05, 0) is 43.4 Å². The average molecular weight is 1200 g/mol. The van der Waals surface area contributed by atoms with Crippen molar-refractivity contribution in [2.45, 2.75) is 317 Å². The van der Waals surface area contributed by atoms with E-state index in [0.717, 1.165) is 108 Å². The summed E-state index contributed by atoms with van der Waals surface area (Å²) < 4.78 is 67.9. The van der Waals surface area contributed by atoms with Crippen LogP contribution in [-0.4, -0.2) is 96.7 Å². The van der Waals surface area contributed by atoms with E-state index in [1.165, 1.54) is 109 Å². The number of hydrogen-bond donors (Lipinski definition) is 3. The number of hydrogen-bond acceptors (Lipinski definition) is 15. The van der Waals surface area contributed by atoms with Crippen LogP contribution in [0.15, 0.2) is 0 Å². The van der Waals surface area contributed by atoms with E-state index in [-0.39, 0.29) is 25.7 Å². The van der Waals surface area contributed by atoms with Crippen LogP contribution in [0, 0.1) is 17.8 Å². The first-order valence-corrected chi connectivity index (χ1v) is 35.4. The number of carbonyl (C=O) groups excluding carboxylic acids is 4. The van der Waals surface area contributed by atoms with Crippen LogP contribution in [0.4, 0.5) is 0 Å². The Morgan fingerprint density at radius 1 is 0.358 bits per heavy atom. The lowest BCUT2D eigenvalue weighted by atomic mass is 10.00. The molecule has 0 bridgehead atoms. The van der Waals surface area contributed by atoms with Gasteiger partial charge in [0.15, 0.2) is 12.2 Å². The largest absolute Gasteiger partial charge is 0.472 e. The molecule has 3 N–H and O–H groups in total. The minimum Gasteiger partial charge on any atom is -0.462 e. The lowest BCUT2D eigenvalue weighted by molar-refractivity contribution is -0.161. The molecular weight excluding hydrogens is 1080 g/mol. The fourth-order valence-electron chi connectivity index (χ4n) is 9.09. The van der Waals surface area contributed by atoms with Crippen LogP contribution in [0.3, 0.4) is 0 Å². The second kappa shape index (κ2) is 53.5. The maximum absolute atomic E-state index is 12.9. The van der Waals surface area contributed by atoms with Crippen molar-refractivity contribution in [2.24, 2.45) is 17.8 Å². The molecule has 0 aromatic rings. The Balaban J connectivity index is 5.25. The highest BCUT2D eigenvalue weighted by Crippen LogP contribution is 2.45. The molecule has 0 amide bonds. The van der Waals surface area contributed by atoms with E-state index in [4.69, 9.17) is 37.0 Å². The van der Waals surface area contributed by atoms with Gasteiger partial charge in [-0.2, -0.15) is 0 Å². The molecule has 0 radical (unpaired) electrons. The third kappa shape index (κ3) is 55.7. The highest BCUT2D eigenvalue weighted by atomic mass is 31.2. The Labute approximate surface area is 492 Å². The molecule has 3 unspecified atom stereocenters. The van der Waals surface area contributed by atoms with E-state index in [1.54, 1.807) is 0 Å². The molecule has 17 nitrogen and oxygen atoms in total. The van der Waals surface area contributed by atoms with Gasteiger partial charge >= 0.3 is 39.5 Å². The Morgan fingerprint density at radius 3 is 0.938 bits per heavy atom. The van der Waals surface area contributed by atoms with E-state index in [0.29, 0.717) is 25.7 Å². The molecule has 0 saturated carbocycles. The number of phosphoric acid groups is 2. The number of aliphatic hydroxyl groups is 1. The summed E-state index contributed by atoms with van der Waals surface area (Å²) in [6.45, 7) is 11.6. The fourth-order valence-corrected chi connectivity index (χ4v) is 10.7. The molecule has 0 rings (SSSR count). The zero-order valence-electron chi connectivity index (χ0n) is 52.2. The molecule has 0 saturated heterocycles. The Morgan fingerprint density at radius 2 is 0.630 bits per heavy atom. The van der Waals surface area contributed by atoms with Crippen molar-refractivity contribution in [1.29, 1.82) is 0 Å². The summed E-state index contributed by atoms with van der Waals surface area (Å²) in [6, 6.07) is 0. The predicted octanol–water partition coefficient (Wildman–Crippen LogP) is 16.7. The third-order valence-corrected chi connectivity index (χ3v) is 16.4. The summed E-state index contributed by atoms with van der Waals surface area (Å²) in [5.74, 6) is 0.0213. The van der Waals surface area contributed by atoms with Gasteiger partial charge in [-0.1, -0.05) is 248 Å². The van der Waals surface area contributed by atoms with Gasteiger partial charge in [0.05, 0.1) is 26.4 Å². The van der Waals surface area contributed by atoms with Crippen LogP contribution in [0.1, 0.15) is 299 Å². The molecule has 0 heterocycles. The molecule has 0 aromatic carbocycles. The maximum Gasteiger partial charge on any atom is 0.472 e. The summed E-state index contributed by atoms with van der Waals surface area (Å²) in [5.41, 5.74) is 0. The first-order chi connectivity index (χ1) is 38.8. The normalized spacial score (nSPS) is 14.8. The lowest BCUT2D eigenvalue weighted by Gasteiger charge is -2.21. The van der Waals surface area contributed by atoms with E-state index in [2.05, 4.69) is 48.5 Å². The second-order valence-corrected chi connectivity index (χ2v) is 26.5. The van der Waals surface area contributed by atoms with Crippen molar-refractivity contribution in [1.82, 2.24) is 0 Å². The standard InChI is InChI=1S/C62H120O17P2/c1-8-10-11-12-13-14-21-29-36-43-59(64)72-50-58(79-62(67)46-39-32-25-24-28-35-42-55(7)9-2)52-77-81(70,71)75-48-56(63)47-74-80(68,69)76-51-57(78-61(66)45-38-31-23-18-16-20-27-34-41-54(5)6)49-73-60(65)44-37-30-22-17-15-19-26-33-40-53(3)4/h53-58,63H,8-52H2,1-7H3,(H,68,69)(H,70,71)/t55?,56-,57-,58-/m1/s1. The lowest BCUT2D eigenvalue weighted by Crippen LogP contribution is -2.30. The molecule has 6 atom stereocenters. The highest BCUT2D eigenvalue weighted by molar-refractivity contribution is 7.47. The van der Waals surface area contributed by atoms with Crippen molar-refractivity contribution in [3.05, 3.63) is 0 Å². The first kappa shape index (κ1) is 79.1. The van der Waals surface area contributed by atoms with Gasteiger partial charge in [0.25, 0.3) is 0 Å². The first-order valence-electron chi connectivity index (χ1n) is 32.4. The fraction of sp³-hybridized carbons (Fsp3) is 0.935. The van der Waals surface area contributed by atoms with Gasteiger partial charge in [0.1, 0.15) is 19.3 Å². The van der Waals surface area contributed by atoms with Gasteiger partial charge in [-0.15, -0.1) is 0 Å². The van der Waals surface area contributed by atoms with Crippen LogP contribution >= 0.6 is 15.6 Å². The number of phosphoric ester groups is 2. The minimum absolute atomic E-state index is 0.102. The SMILES string of the molecule is CCCCCCCCCCCC(=O)OC[C@H](COP(=O)(O)OC[C@H](O)COP(=O)(O)OC[C@@H](COC(=O)CCCCCCCCCCC(C)C)OC(=O)CCCCCCCCCCC(C)C)OC(=O)CCCCCCCCC(C)CC. The van der Waals surface area contributed by atoms with E-state index >= 15 is 0 Å². The molecule has 0 aliphatic heterocycles. The molecule has 0 aliphatic carbocycles. The smallest absolute Gasteiger partial charge is 0.462 e. The van der Waals surface area contributed by atoms with Gasteiger partial charge in [0, 0.05) is 25.7 Å². The summed E-state index contributed by atoms with van der Waals surface area (Å²) in [5, 5.41) is 10.5. The van der Waals surface area contributed by atoms with E-state index in [1.807, 2.05) is 0 Å². The summed E-state index contributed by atoms with van der Waals surface area (Å²) in [7, 11) is -9.88. The van der Waals surface area contributed by atoms with Crippen molar-refractivity contribution < 1.29 is 80.2 Å². The zero-order chi connectivity index (χ0) is 60.3. The van der Waals surface area contributed by atoms with Crippen LogP contribution in [0.25, 0.3) is 0 Å². The number of unbranched alkanes of at least 4 members (excludes halogenated alkanes) is 27. The maximum atomic E-state index is 12.9. The number of ether oxygens (including phenoxy) is 4. The Bertz CT molecular complexity index is 1620. The minimum atomic E-state index is -4.94. The molecular formula is C62H120O17P2. The van der Waals surface area contributed by atoms with E-state index in [9.17, 15) is 43.2 Å². The van der Waals surface area contributed by atoms with Crippen molar-refractivity contribution >= 4 is 39.5 Å².